The molecule has 0 aliphatic rings. The van der Waals surface area contributed by atoms with Gasteiger partial charge in [-0.05, 0) is 57.9 Å². The zero-order valence-corrected chi connectivity index (χ0v) is 16.2. The Morgan fingerprint density at radius 1 is 1.11 bits per heavy atom. The number of ether oxygens (including phenoxy) is 2. The summed E-state index contributed by atoms with van der Waals surface area (Å²) in [5.74, 6) is 0.752. The maximum Gasteiger partial charge on any atom is 0.262 e. The summed E-state index contributed by atoms with van der Waals surface area (Å²) in [7, 11) is 0. The second-order valence-electron chi connectivity index (χ2n) is 5.69. The van der Waals surface area contributed by atoms with E-state index in [1.54, 1.807) is 18.2 Å². The van der Waals surface area contributed by atoms with Crippen LogP contribution in [0, 0.1) is 11.3 Å². The lowest BCUT2D eigenvalue weighted by atomic mass is 10.1. The van der Waals surface area contributed by atoms with Crippen molar-refractivity contribution in [3.8, 4) is 17.6 Å². The lowest BCUT2D eigenvalue weighted by Crippen LogP contribution is -2.20. The molecule has 1 amide bonds. The molecule has 0 unspecified atom stereocenters. The number of amides is 1. The highest BCUT2D eigenvalue weighted by molar-refractivity contribution is 9.10. The number of carbonyl (C=O) groups excluding carboxylic acids is 1. The van der Waals surface area contributed by atoms with Crippen molar-refractivity contribution in [1.82, 2.24) is 0 Å². The molecule has 3 aromatic carbocycles. The number of hydrogen-bond acceptors (Lipinski definition) is 4. The molecule has 136 valence electrons. The number of benzene rings is 3. The van der Waals surface area contributed by atoms with Gasteiger partial charge in [-0.15, -0.1) is 0 Å². The fraction of sp³-hybridized carbons (Fsp3) is 0.143. The molecule has 0 heterocycles. The second kappa shape index (κ2) is 8.56. The van der Waals surface area contributed by atoms with E-state index in [1.807, 2.05) is 49.4 Å². The number of anilines is 1. The van der Waals surface area contributed by atoms with Crippen LogP contribution >= 0.6 is 15.9 Å². The third-order valence-corrected chi connectivity index (χ3v) is 4.69. The lowest BCUT2D eigenvalue weighted by Gasteiger charge is -2.13. The van der Waals surface area contributed by atoms with Gasteiger partial charge in [0.25, 0.3) is 5.91 Å². The first-order valence-electron chi connectivity index (χ1n) is 8.39. The van der Waals surface area contributed by atoms with E-state index in [0.717, 1.165) is 15.2 Å². The van der Waals surface area contributed by atoms with Crippen molar-refractivity contribution in [3.63, 3.8) is 0 Å². The summed E-state index contributed by atoms with van der Waals surface area (Å²) >= 11 is 3.54. The van der Waals surface area contributed by atoms with Crippen molar-refractivity contribution >= 4 is 38.3 Å². The van der Waals surface area contributed by atoms with Crippen LogP contribution in [0.3, 0.4) is 0 Å². The first-order chi connectivity index (χ1) is 13.1. The summed E-state index contributed by atoms with van der Waals surface area (Å²) in [6.45, 7) is 2.14. The third kappa shape index (κ3) is 4.39. The van der Waals surface area contributed by atoms with E-state index in [2.05, 4.69) is 21.2 Å². The molecule has 0 atom stereocenters. The fourth-order valence-electron chi connectivity index (χ4n) is 2.63. The summed E-state index contributed by atoms with van der Waals surface area (Å²) in [6.07, 6.45) is 0. The van der Waals surface area contributed by atoms with E-state index in [9.17, 15) is 4.79 Å². The highest BCUT2D eigenvalue weighted by Gasteiger charge is 2.12. The maximum atomic E-state index is 12.3. The minimum Gasteiger partial charge on any atom is -0.492 e. The molecule has 0 aromatic heterocycles. The summed E-state index contributed by atoms with van der Waals surface area (Å²) in [6, 6.07) is 18.6. The normalized spacial score (nSPS) is 10.3. The Bertz CT molecular complexity index is 1030. The SMILES string of the molecule is CCOc1ccc(C#N)cc1NC(=O)COc1ccc2ccccc2c1Br. The summed E-state index contributed by atoms with van der Waals surface area (Å²) in [5, 5.41) is 13.9. The van der Waals surface area contributed by atoms with Gasteiger partial charge in [-0.25, -0.2) is 0 Å². The molecule has 6 heteroatoms. The first-order valence-corrected chi connectivity index (χ1v) is 9.18. The topological polar surface area (TPSA) is 71.3 Å². The van der Waals surface area contributed by atoms with Crippen molar-refractivity contribution in [3.05, 3.63) is 64.6 Å². The molecule has 0 aliphatic carbocycles. The van der Waals surface area contributed by atoms with Gasteiger partial charge in [-0.2, -0.15) is 5.26 Å². The fourth-order valence-corrected chi connectivity index (χ4v) is 3.24. The van der Waals surface area contributed by atoms with Gasteiger partial charge in [0.15, 0.2) is 6.61 Å². The van der Waals surface area contributed by atoms with Gasteiger partial charge < -0.3 is 14.8 Å². The van der Waals surface area contributed by atoms with Crippen molar-refractivity contribution < 1.29 is 14.3 Å². The molecule has 0 saturated carbocycles. The number of nitrogens with zero attached hydrogens (tertiary/aromatic N) is 1. The van der Waals surface area contributed by atoms with Crippen molar-refractivity contribution in [2.45, 2.75) is 6.92 Å². The van der Waals surface area contributed by atoms with Gasteiger partial charge in [0.1, 0.15) is 11.5 Å². The lowest BCUT2D eigenvalue weighted by molar-refractivity contribution is -0.118. The van der Waals surface area contributed by atoms with Crippen LogP contribution in [-0.4, -0.2) is 19.1 Å². The largest absolute Gasteiger partial charge is 0.492 e. The Morgan fingerprint density at radius 2 is 1.89 bits per heavy atom. The van der Waals surface area contributed by atoms with Crippen molar-refractivity contribution in [1.29, 1.82) is 5.26 Å². The zero-order chi connectivity index (χ0) is 19.2. The Labute approximate surface area is 165 Å². The van der Waals surface area contributed by atoms with E-state index >= 15 is 0 Å². The summed E-state index contributed by atoms with van der Waals surface area (Å²) < 4.78 is 12.0. The number of hydrogen-bond donors (Lipinski definition) is 1. The molecule has 5 nitrogen and oxygen atoms in total. The Hall–Kier alpha value is -3.04. The second-order valence-corrected chi connectivity index (χ2v) is 6.48. The van der Waals surface area contributed by atoms with Gasteiger partial charge in [0.05, 0.1) is 28.4 Å². The van der Waals surface area contributed by atoms with Crippen LogP contribution in [0.5, 0.6) is 11.5 Å². The van der Waals surface area contributed by atoms with Crippen LogP contribution in [-0.2, 0) is 4.79 Å². The quantitative estimate of drug-likeness (QED) is 0.611. The first kappa shape index (κ1) is 18.7. The number of rotatable bonds is 6. The zero-order valence-electron chi connectivity index (χ0n) is 14.7. The third-order valence-electron chi connectivity index (χ3n) is 3.87. The Morgan fingerprint density at radius 3 is 2.67 bits per heavy atom. The molecule has 3 rings (SSSR count). The molecule has 0 fully saturated rings. The van der Waals surface area contributed by atoms with E-state index < -0.39 is 0 Å². The summed E-state index contributed by atoms with van der Waals surface area (Å²) in [5.41, 5.74) is 0.883. The van der Waals surface area contributed by atoms with Crippen molar-refractivity contribution in [2.75, 3.05) is 18.5 Å². The monoisotopic (exact) mass is 424 g/mol. The molecule has 1 N–H and O–H groups in total. The highest BCUT2D eigenvalue weighted by atomic mass is 79.9. The van der Waals surface area contributed by atoms with E-state index in [0.29, 0.717) is 29.4 Å². The van der Waals surface area contributed by atoms with Gasteiger partial charge in [0.2, 0.25) is 0 Å². The number of fused-ring (bicyclic) bond motifs is 1. The molecular formula is C21H17BrN2O3. The van der Waals surface area contributed by atoms with Gasteiger partial charge in [-0.1, -0.05) is 30.3 Å². The number of halogens is 1. The predicted octanol–water partition coefficient (Wildman–Crippen LogP) is 4.89. The van der Waals surface area contributed by atoms with Gasteiger partial charge in [-0.3, -0.25) is 4.79 Å². The minimum absolute atomic E-state index is 0.167. The Balaban J connectivity index is 1.72. The van der Waals surface area contributed by atoms with Crippen LogP contribution in [0.4, 0.5) is 5.69 Å². The average Bonchev–Trinajstić information content (AvgIpc) is 2.69. The van der Waals surface area contributed by atoms with Crippen LogP contribution in [0.15, 0.2) is 59.1 Å². The maximum absolute atomic E-state index is 12.3. The van der Waals surface area contributed by atoms with E-state index in [1.165, 1.54) is 0 Å². The van der Waals surface area contributed by atoms with Gasteiger partial charge >= 0.3 is 0 Å². The molecular weight excluding hydrogens is 408 g/mol. The predicted molar refractivity (Wildman–Crippen MR) is 108 cm³/mol. The number of carbonyl (C=O) groups is 1. The van der Waals surface area contributed by atoms with Crippen LogP contribution in [0.2, 0.25) is 0 Å². The molecule has 0 spiro atoms. The Kier molecular flexibility index (Phi) is 5.94. The molecule has 0 radical (unpaired) electrons. The number of nitrogens with one attached hydrogen (secondary N) is 1. The van der Waals surface area contributed by atoms with Crippen LogP contribution < -0.4 is 14.8 Å². The molecule has 3 aromatic rings. The number of nitriles is 1. The molecule has 27 heavy (non-hydrogen) atoms. The molecule has 0 aliphatic heterocycles. The minimum atomic E-state index is -0.342. The molecule has 0 saturated heterocycles. The average molecular weight is 425 g/mol. The molecule has 0 bridgehead atoms. The van der Waals surface area contributed by atoms with E-state index in [4.69, 9.17) is 14.7 Å². The van der Waals surface area contributed by atoms with E-state index in [-0.39, 0.29) is 12.5 Å². The smallest absolute Gasteiger partial charge is 0.262 e. The summed E-state index contributed by atoms with van der Waals surface area (Å²) in [4.78, 5) is 12.3. The van der Waals surface area contributed by atoms with Gasteiger partial charge in [0, 0.05) is 0 Å². The highest BCUT2D eigenvalue weighted by Crippen LogP contribution is 2.33. The van der Waals surface area contributed by atoms with Crippen molar-refractivity contribution in [2.24, 2.45) is 0 Å². The van der Waals surface area contributed by atoms with Crippen LogP contribution in [0.1, 0.15) is 12.5 Å². The van der Waals surface area contributed by atoms with Crippen LogP contribution in [0.25, 0.3) is 10.8 Å². The standard InChI is InChI=1S/C21H17BrN2O3/c1-2-26-18-9-7-14(12-23)11-17(18)24-20(25)13-27-19-10-8-15-5-3-4-6-16(15)21(19)22/h3-11H,2,13H2,1H3,(H,24,25).